The lowest BCUT2D eigenvalue weighted by molar-refractivity contribution is -0.247. The molecule has 1 saturated carbocycles. The van der Waals surface area contributed by atoms with Crippen molar-refractivity contribution in [2.45, 2.75) is 45.1 Å². The average molecular weight is 398 g/mol. The van der Waals surface area contributed by atoms with Gasteiger partial charge in [-0.05, 0) is 11.8 Å². The zero-order valence-electron chi connectivity index (χ0n) is 17.1. The Hall–Kier alpha value is -1.03. The molecule has 0 bridgehead atoms. The highest BCUT2D eigenvalue weighted by atomic mass is 16.8. The van der Waals surface area contributed by atoms with Crippen molar-refractivity contribution in [3.05, 3.63) is 12.2 Å². The first-order chi connectivity index (χ1) is 13.4. The number of methoxy groups -OCH3 is 3. The summed E-state index contributed by atoms with van der Waals surface area (Å²) in [6.45, 7) is 4.49. The second kappa shape index (κ2) is 7.34. The lowest BCUT2D eigenvalue weighted by atomic mass is 9.47. The van der Waals surface area contributed by atoms with Gasteiger partial charge in [0.15, 0.2) is 6.29 Å². The topological polar surface area (TPSA) is 81.7 Å². The van der Waals surface area contributed by atoms with E-state index in [0.29, 0.717) is 6.42 Å². The van der Waals surface area contributed by atoms with Crippen molar-refractivity contribution in [2.75, 3.05) is 34.9 Å². The van der Waals surface area contributed by atoms with E-state index in [1.54, 1.807) is 21.3 Å². The molecule has 2 heterocycles. The Balaban J connectivity index is 1.83. The van der Waals surface area contributed by atoms with Gasteiger partial charge in [-0.25, -0.2) is 0 Å². The molecule has 8 nitrogen and oxygen atoms in total. The Bertz CT molecular complexity index is 634. The van der Waals surface area contributed by atoms with Crippen molar-refractivity contribution in [3.8, 4) is 0 Å². The summed E-state index contributed by atoms with van der Waals surface area (Å²) in [5.41, 5.74) is -1.15. The Morgan fingerprint density at radius 2 is 1.82 bits per heavy atom. The minimum atomic E-state index is -0.934. The van der Waals surface area contributed by atoms with Crippen LogP contribution in [0.15, 0.2) is 12.2 Å². The predicted octanol–water partition coefficient (Wildman–Crippen LogP) is 1.68. The normalized spacial score (nSPS) is 45.6. The molecule has 3 fully saturated rings. The lowest BCUT2D eigenvalue weighted by Gasteiger charge is -2.57. The van der Waals surface area contributed by atoms with Crippen molar-refractivity contribution in [3.63, 3.8) is 0 Å². The summed E-state index contributed by atoms with van der Waals surface area (Å²) >= 11 is 0. The summed E-state index contributed by atoms with van der Waals surface area (Å²) in [5.74, 6) is -0.683. The molecule has 0 N–H and O–H groups in total. The van der Waals surface area contributed by atoms with E-state index < -0.39 is 24.1 Å². The van der Waals surface area contributed by atoms with Gasteiger partial charge in [-0.3, -0.25) is 4.79 Å². The number of ether oxygens (including phenoxy) is 7. The Kier molecular flexibility index (Phi) is 5.31. The molecule has 1 spiro atoms. The SMILES string of the molecule is COCO[C@H]1CC(C)(C)[C@@H]2C=C[C@@H]3[C@@H](OC)OC4OC(=O)[C@@]2([C@H]1OCOC)[C@@H]43. The molecular formula is C20H30O8. The Morgan fingerprint density at radius 1 is 1.11 bits per heavy atom. The highest BCUT2D eigenvalue weighted by molar-refractivity contribution is 5.82. The fourth-order valence-corrected chi connectivity index (χ4v) is 5.94. The van der Waals surface area contributed by atoms with Crippen LogP contribution in [0.4, 0.5) is 0 Å². The summed E-state index contributed by atoms with van der Waals surface area (Å²) in [7, 11) is 4.74. The molecule has 0 amide bonds. The summed E-state index contributed by atoms with van der Waals surface area (Å²) in [4.78, 5) is 13.4. The highest BCUT2D eigenvalue weighted by Gasteiger charge is 2.76. The maximum Gasteiger partial charge on any atom is 0.318 e. The molecule has 4 rings (SSSR count). The van der Waals surface area contributed by atoms with E-state index in [-0.39, 0.29) is 48.8 Å². The molecule has 0 radical (unpaired) electrons. The van der Waals surface area contributed by atoms with Gasteiger partial charge < -0.3 is 33.2 Å². The van der Waals surface area contributed by atoms with Crippen LogP contribution in [0.3, 0.4) is 0 Å². The van der Waals surface area contributed by atoms with Crippen LogP contribution in [0, 0.1) is 28.6 Å². The van der Waals surface area contributed by atoms with Crippen LogP contribution >= 0.6 is 0 Å². The summed E-state index contributed by atoms with van der Waals surface area (Å²) in [5, 5.41) is 0. The van der Waals surface area contributed by atoms with Crippen molar-refractivity contribution >= 4 is 5.97 Å². The van der Waals surface area contributed by atoms with Crippen LogP contribution in [-0.4, -0.2) is 65.7 Å². The maximum atomic E-state index is 13.4. The second-order valence-electron chi connectivity index (χ2n) is 8.71. The van der Waals surface area contributed by atoms with Gasteiger partial charge in [0.1, 0.15) is 25.1 Å². The molecule has 0 aromatic heterocycles. The fourth-order valence-electron chi connectivity index (χ4n) is 5.94. The molecule has 2 aliphatic carbocycles. The first-order valence-electron chi connectivity index (χ1n) is 9.70. The monoisotopic (exact) mass is 398 g/mol. The second-order valence-corrected chi connectivity index (χ2v) is 8.71. The molecule has 158 valence electrons. The zero-order chi connectivity index (χ0) is 20.1. The Labute approximate surface area is 165 Å². The maximum absolute atomic E-state index is 13.4. The fraction of sp³-hybridized carbons (Fsp3) is 0.850. The van der Waals surface area contributed by atoms with Crippen LogP contribution in [-0.2, 0) is 38.0 Å². The minimum absolute atomic E-state index is 0.0556. The van der Waals surface area contributed by atoms with Gasteiger partial charge in [-0.15, -0.1) is 0 Å². The van der Waals surface area contributed by atoms with E-state index in [9.17, 15) is 4.79 Å². The van der Waals surface area contributed by atoms with Crippen LogP contribution in [0.1, 0.15) is 20.3 Å². The van der Waals surface area contributed by atoms with Gasteiger partial charge in [-0.1, -0.05) is 26.0 Å². The molecule has 8 atom stereocenters. The van der Waals surface area contributed by atoms with Gasteiger partial charge in [0.2, 0.25) is 6.29 Å². The molecule has 0 aromatic carbocycles. The standard InChI is InChI=1S/C20H30O8/c1-19(2)8-12(25-9-22-3)15(26-10-23-4)20-13(19)7-6-11-14(20)17(28-18(20)21)27-16(11)24-5/h6-7,11-17H,8-10H2,1-5H3/t11-,12-,13-,14+,15-,16-,17?,20+/m0/s1. The van der Waals surface area contributed by atoms with Crippen molar-refractivity contribution in [1.29, 1.82) is 0 Å². The van der Waals surface area contributed by atoms with Crippen molar-refractivity contribution < 1.29 is 38.0 Å². The predicted molar refractivity (Wildman–Crippen MR) is 95.7 cm³/mol. The largest absolute Gasteiger partial charge is 0.435 e. The minimum Gasteiger partial charge on any atom is -0.435 e. The summed E-state index contributed by atoms with van der Waals surface area (Å²) in [6, 6.07) is 0. The van der Waals surface area contributed by atoms with Gasteiger partial charge in [0, 0.05) is 33.2 Å². The third-order valence-electron chi connectivity index (χ3n) is 6.83. The number of carbonyl (C=O) groups excluding carboxylic acids is 1. The number of hydrogen-bond acceptors (Lipinski definition) is 8. The molecule has 4 aliphatic rings. The van der Waals surface area contributed by atoms with E-state index in [4.69, 9.17) is 33.2 Å². The number of hydrogen-bond donors (Lipinski definition) is 0. The van der Waals surface area contributed by atoms with E-state index in [1.807, 2.05) is 0 Å². The lowest BCUT2D eigenvalue weighted by Crippen LogP contribution is -2.66. The van der Waals surface area contributed by atoms with Crippen LogP contribution < -0.4 is 0 Å². The molecule has 2 aliphatic heterocycles. The molecule has 1 unspecified atom stereocenters. The molecule has 2 saturated heterocycles. The quantitative estimate of drug-likeness (QED) is 0.364. The molecular weight excluding hydrogens is 368 g/mol. The van der Waals surface area contributed by atoms with Crippen LogP contribution in [0.2, 0.25) is 0 Å². The van der Waals surface area contributed by atoms with E-state index >= 15 is 0 Å². The van der Waals surface area contributed by atoms with Crippen LogP contribution in [0.25, 0.3) is 0 Å². The van der Waals surface area contributed by atoms with Gasteiger partial charge in [-0.2, -0.15) is 0 Å². The van der Waals surface area contributed by atoms with E-state index in [1.165, 1.54) is 0 Å². The third kappa shape index (κ3) is 2.69. The number of esters is 1. The first kappa shape index (κ1) is 20.3. The third-order valence-corrected chi connectivity index (χ3v) is 6.83. The van der Waals surface area contributed by atoms with Gasteiger partial charge in [0.05, 0.1) is 12.0 Å². The summed E-state index contributed by atoms with van der Waals surface area (Å²) < 4.78 is 39.7. The van der Waals surface area contributed by atoms with Crippen molar-refractivity contribution in [2.24, 2.45) is 28.6 Å². The number of rotatable bonds is 7. The number of allylic oxidation sites excluding steroid dienone is 1. The molecule has 28 heavy (non-hydrogen) atoms. The average Bonchev–Trinajstić information content (AvgIpc) is 3.16. The van der Waals surface area contributed by atoms with Gasteiger partial charge in [0.25, 0.3) is 0 Å². The van der Waals surface area contributed by atoms with Gasteiger partial charge >= 0.3 is 5.97 Å². The van der Waals surface area contributed by atoms with Crippen molar-refractivity contribution in [1.82, 2.24) is 0 Å². The van der Waals surface area contributed by atoms with E-state index in [0.717, 1.165) is 0 Å². The first-order valence-corrected chi connectivity index (χ1v) is 9.70. The molecule has 8 heteroatoms. The molecule has 0 aromatic rings. The van der Waals surface area contributed by atoms with Crippen LogP contribution in [0.5, 0.6) is 0 Å². The zero-order valence-corrected chi connectivity index (χ0v) is 17.1. The summed E-state index contributed by atoms with van der Waals surface area (Å²) in [6.07, 6.45) is 2.96. The van der Waals surface area contributed by atoms with E-state index in [2.05, 4.69) is 26.0 Å². The smallest absolute Gasteiger partial charge is 0.318 e. The highest BCUT2D eigenvalue weighted by Crippen LogP contribution is 2.66. The Morgan fingerprint density at radius 3 is 2.50 bits per heavy atom. The number of carbonyl (C=O) groups is 1.